The number of rotatable bonds is 17. The molecular formula is C57H60N11O6+. The van der Waals surface area contributed by atoms with Crippen LogP contribution in [0.5, 0.6) is 0 Å². The third kappa shape index (κ3) is 11.4. The number of amides is 4. The van der Waals surface area contributed by atoms with Gasteiger partial charge < -0.3 is 39.5 Å². The van der Waals surface area contributed by atoms with Crippen LogP contribution in [0.4, 0.5) is 9.59 Å². The molecule has 0 radical (unpaired) electrons. The van der Waals surface area contributed by atoms with E-state index in [-0.39, 0.29) is 36.9 Å². The third-order valence-electron chi connectivity index (χ3n) is 14.1. The summed E-state index contributed by atoms with van der Waals surface area (Å²) in [4.78, 5) is 74.8. The van der Waals surface area contributed by atoms with Crippen molar-refractivity contribution in [2.45, 2.75) is 82.3 Å². The van der Waals surface area contributed by atoms with Crippen LogP contribution < -0.4 is 15.2 Å². The molecule has 6 heterocycles. The van der Waals surface area contributed by atoms with Gasteiger partial charge in [-0.1, -0.05) is 109 Å². The van der Waals surface area contributed by atoms with Crippen LogP contribution in [0, 0.1) is 0 Å². The molecule has 10 rings (SSSR count). The number of nitrogens with one attached hydrogen (secondary N) is 3. The van der Waals surface area contributed by atoms with Crippen LogP contribution in [-0.2, 0) is 45.1 Å². The second kappa shape index (κ2) is 22.4. The second-order valence-electron chi connectivity index (χ2n) is 19.0. The van der Waals surface area contributed by atoms with E-state index in [0.29, 0.717) is 44.1 Å². The lowest BCUT2D eigenvalue weighted by atomic mass is 9.96. The van der Waals surface area contributed by atoms with E-state index in [2.05, 4.69) is 81.3 Å². The van der Waals surface area contributed by atoms with E-state index in [9.17, 15) is 19.2 Å². The Labute approximate surface area is 429 Å². The number of nitrogens with zero attached hydrogens (tertiary/aromatic N) is 8. The molecule has 4 atom stereocenters. The minimum absolute atomic E-state index is 0.163. The molecule has 2 saturated heterocycles. The minimum Gasteiger partial charge on any atom is -0.453 e. The van der Waals surface area contributed by atoms with Crippen LogP contribution >= 0.6 is 0 Å². The molecule has 17 nitrogen and oxygen atoms in total. The van der Waals surface area contributed by atoms with Crippen molar-refractivity contribution in [1.82, 2.24) is 44.5 Å². The molecule has 74 heavy (non-hydrogen) atoms. The Morgan fingerprint density at radius 1 is 0.716 bits per heavy atom. The monoisotopic (exact) mass is 994 g/mol. The molecule has 3 aliphatic rings. The first kappa shape index (κ1) is 49.0. The lowest BCUT2D eigenvalue weighted by Crippen LogP contribution is -2.53. The van der Waals surface area contributed by atoms with E-state index >= 15 is 0 Å². The first-order valence-electron chi connectivity index (χ1n) is 25.1. The summed E-state index contributed by atoms with van der Waals surface area (Å²) in [6.07, 6.45) is 15.8. The molecule has 3 aliphatic heterocycles. The summed E-state index contributed by atoms with van der Waals surface area (Å²) >= 11 is 0. The summed E-state index contributed by atoms with van der Waals surface area (Å²) in [6.45, 7) is 2.69. The first-order valence-corrected chi connectivity index (χ1v) is 25.1. The Hall–Kier alpha value is -8.60. The number of hydrogen-bond donors (Lipinski definition) is 3. The van der Waals surface area contributed by atoms with Gasteiger partial charge in [0.2, 0.25) is 18.1 Å². The largest absolute Gasteiger partial charge is 0.453 e. The van der Waals surface area contributed by atoms with E-state index in [1.165, 1.54) is 14.2 Å². The number of benzene rings is 4. The topological polar surface area (TPSA) is 185 Å². The molecule has 3 N–H and O–H groups in total. The van der Waals surface area contributed by atoms with Gasteiger partial charge in [-0.25, -0.2) is 28.7 Å². The van der Waals surface area contributed by atoms with E-state index in [4.69, 9.17) is 19.5 Å². The predicted octanol–water partition coefficient (Wildman–Crippen LogP) is 7.36. The zero-order valence-corrected chi connectivity index (χ0v) is 41.5. The number of carbonyl (C=O) groups is 4. The lowest BCUT2D eigenvalue weighted by Gasteiger charge is -2.28. The first-order chi connectivity index (χ1) is 36.2. The highest BCUT2D eigenvalue weighted by atomic mass is 16.5. The number of ether oxygens (including phenoxy) is 2. The van der Waals surface area contributed by atoms with Crippen molar-refractivity contribution in [3.05, 3.63) is 181 Å². The number of aromatic nitrogens is 6. The zero-order valence-electron chi connectivity index (χ0n) is 41.5. The predicted molar refractivity (Wildman–Crippen MR) is 278 cm³/mol. The third-order valence-corrected chi connectivity index (χ3v) is 14.1. The van der Waals surface area contributed by atoms with Crippen LogP contribution in [0.15, 0.2) is 158 Å². The van der Waals surface area contributed by atoms with Gasteiger partial charge in [0.25, 0.3) is 0 Å². The number of methoxy groups -OCH3 is 2. The molecule has 17 heteroatoms. The van der Waals surface area contributed by atoms with Crippen molar-refractivity contribution in [2.24, 2.45) is 4.99 Å². The molecule has 3 aromatic heterocycles. The number of aromatic amines is 1. The standard InChI is InChI=1S/C57H59N11O6/c1-73-56(71)62-48(30-46-35-66(37-60-46)34-40-13-7-4-8-14-40)54(69)68-26-10-16-52(68)53-59-32-49(61-53)44-23-21-42(22-24-44)41-17-19-43(20-18-41)45-29-47(58-31-45)51-15-9-25-67(51)55(70)50(63-57(72)74-2)36-65-28-27-64(38-65)33-39-11-5-3-6-12-39/h3-8,11-14,17-24,27-28,31-32,35,37-38,48,50-52H,9-10,15-16,25-26,29-30,33-34,36H2,1-2H3,(H2-,59,61,62,63,71,72)/p+1/t48-,50-,51-,52-/m0/s1. The smallest absolute Gasteiger partial charge is 0.407 e. The number of alkyl carbamates (subject to hydrolysis) is 2. The molecule has 378 valence electrons. The number of carbonyl (C=O) groups excluding carboxylic acids is 4. The van der Waals surface area contributed by atoms with Crippen LogP contribution in [0.2, 0.25) is 0 Å². The van der Waals surface area contributed by atoms with Crippen LogP contribution in [0.3, 0.4) is 0 Å². The van der Waals surface area contributed by atoms with Crippen molar-refractivity contribution < 1.29 is 33.2 Å². The van der Waals surface area contributed by atoms with Crippen LogP contribution in [0.25, 0.3) is 28.0 Å². The maximum absolute atomic E-state index is 14.3. The van der Waals surface area contributed by atoms with Gasteiger partial charge in [-0.3, -0.25) is 14.6 Å². The number of imidazole rings is 3. The van der Waals surface area contributed by atoms with E-state index < -0.39 is 24.3 Å². The number of hydrogen-bond acceptors (Lipinski definition) is 9. The van der Waals surface area contributed by atoms with Crippen molar-refractivity contribution in [3.63, 3.8) is 0 Å². The van der Waals surface area contributed by atoms with Gasteiger partial charge in [0.05, 0.1) is 50.2 Å². The van der Waals surface area contributed by atoms with Gasteiger partial charge in [0, 0.05) is 50.6 Å². The van der Waals surface area contributed by atoms with Gasteiger partial charge in [0.1, 0.15) is 43.4 Å². The summed E-state index contributed by atoms with van der Waals surface area (Å²) in [6, 6.07) is 34.8. The maximum Gasteiger partial charge on any atom is 0.407 e. The normalized spacial score (nSPS) is 17.1. The molecule has 0 unspecified atom stereocenters. The quantitative estimate of drug-likeness (QED) is 0.0791. The Balaban J connectivity index is 0.747. The van der Waals surface area contributed by atoms with Gasteiger partial charge in [-0.15, -0.1) is 0 Å². The maximum atomic E-state index is 14.3. The molecule has 0 aliphatic carbocycles. The highest BCUT2D eigenvalue weighted by Gasteiger charge is 2.39. The fourth-order valence-electron chi connectivity index (χ4n) is 10.3. The van der Waals surface area contributed by atoms with Crippen molar-refractivity contribution in [1.29, 1.82) is 0 Å². The highest BCUT2D eigenvalue weighted by Crippen LogP contribution is 2.34. The SMILES string of the molecule is COC(=O)N[C@@H](Cn1cc[n+](Cc2ccccc2)c1)C(=O)N1CCC[C@H]1C1=NC=C(c2ccc(-c3ccc(-c4cnc([C@@H]5CCCN5C(=O)[C@H](Cc5cn(Cc6ccccc6)cn5)NC(=O)OC)[nH]4)cc3)cc2)C1. The van der Waals surface area contributed by atoms with Crippen LogP contribution in [-0.4, -0.2) is 109 Å². The second-order valence-corrected chi connectivity index (χ2v) is 19.0. The van der Waals surface area contributed by atoms with Crippen molar-refractivity contribution >= 4 is 35.3 Å². The van der Waals surface area contributed by atoms with Crippen molar-refractivity contribution in [3.8, 4) is 22.4 Å². The fraction of sp³-hybridized carbons (Fsp3) is 0.298. The van der Waals surface area contributed by atoms with Gasteiger partial charge >= 0.3 is 12.2 Å². The molecule has 4 amide bonds. The molecule has 0 saturated carbocycles. The van der Waals surface area contributed by atoms with Gasteiger partial charge in [-0.05, 0) is 64.6 Å². The van der Waals surface area contributed by atoms with Crippen LogP contribution in [0.1, 0.15) is 66.4 Å². The molecule has 4 aromatic carbocycles. The lowest BCUT2D eigenvalue weighted by molar-refractivity contribution is -0.687. The summed E-state index contributed by atoms with van der Waals surface area (Å²) in [5.41, 5.74) is 9.98. The summed E-state index contributed by atoms with van der Waals surface area (Å²) < 4.78 is 15.8. The number of allylic oxidation sites excluding steroid dienone is 1. The number of H-pyrrole nitrogens is 1. The van der Waals surface area contributed by atoms with E-state index in [0.717, 1.165) is 76.0 Å². The fourth-order valence-corrected chi connectivity index (χ4v) is 10.3. The molecule has 0 bridgehead atoms. The average Bonchev–Trinajstić information content (AvgIpc) is 4.31. The highest BCUT2D eigenvalue weighted by molar-refractivity contribution is 6.04. The summed E-state index contributed by atoms with van der Waals surface area (Å²) in [5.74, 6) is 0.310. The summed E-state index contributed by atoms with van der Waals surface area (Å²) in [7, 11) is 2.59. The Morgan fingerprint density at radius 2 is 1.32 bits per heavy atom. The Morgan fingerprint density at radius 3 is 2.01 bits per heavy atom. The molecule has 2 fully saturated rings. The zero-order chi connectivity index (χ0) is 51.0. The molecule has 7 aromatic rings. The molecule has 0 spiro atoms. The van der Waals surface area contributed by atoms with Gasteiger partial charge in [-0.2, -0.15) is 0 Å². The Bertz CT molecular complexity index is 3140. The Kier molecular flexibility index (Phi) is 14.9. The van der Waals surface area contributed by atoms with E-state index in [1.54, 1.807) is 17.4 Å². The van der Waals surface area contributed by atoms with E-state index in [1.807, 2.05) is 98.2 Å². The summed E-state index contributed by atoms with van der Waals surface area (Å²) in [5, 5.41) is 5.56. The number of likely N-dealkylation sites (tertiary alicyclic amines) is 2. The minimum atomic E-state index is -0.876. The van der Waals surface area contributed by atoms with Crippen molar-refractivity contribution in [2.75, 3.05) is 27.3 Å². The number of aliphatic imine (C=N–C) groups is 1. The average molecular weight is 995 g/mol. The molecular weight excluding hydrogens is 935 g/mol. The van der Waals surface area contributed by atoms with Gasteiger partial charge in [0.15, 0.2) is 0 Å².